The van der Waals surface area contributed by atoms with E-state index in [0.717, 1.165) is 28.0 Å². The highest BCUT2D eigenvalue weighted by Crippen LogP contribution is 2.44. The quantitative estimate of drug-likeness (QED) is 0.508. The first-order valence-electron chi connectivity index (χ1n) is 10.6. The SMILES string of the molecule is COc1cc(/C=C2/C(C)=C(CC(=O)NCc3ccccn3)c3cc(F)ncc32)cc(OC)c1O. The second-order valence-corrected chi connectivity index (χ2v) is 7.76. The van der Waals surface area contributed by atoms with Crippen LogP contribution in [0.2, 0.25) is 0 Å². The summed E-state index contributed by atoms with van der Waals surface area (Å²) in [6.07, 6.45) is 5.08. The molecule has 1 aromatic carbocycles. The van der Waals surface area contributed by atoms with E-state index in [1.165, 1.54) is 26.5 Å². The first kappa shape index (κ1) is 23.0. The molecule has 0 spiro atoms. The summed E-state index contributed by atoms with van der Waals surface area (Å²) in [5.74, 6) is -0.389. The van der Waals surface area contributed by atoms with Crippen LogP contribution >= 0.6 is 0 Å². The highest BCUT2D eigenvalue weighted by Gasteiger charge is 2.26. The third-order valence-corrected chi connectivity index (χ3v) is 5.69. The van der Waals surface area contributed by atoms with Crippen LogP contribution < -0.4 is 14.8 Å². The number of amides is 1. The number of hydrogen-bond acceptors (Lipinski definition) is 6. The molecule has 4 rings (SSSR count). The molecule has 0 atom stereocenters. The molecule has 1 aliphatic carbocycles. The van der Waals surface area contributed by atoms with E-state index in [-0.39, 0.29) is 29.6 Å². The van der Waals surface area contributed by atoms with Gasteiger partial charge in [0.05, 0.1) is 32.9 Å². The van der Waals surface area contributed by atoms with Crippen molar-refractivity contribution >= 4 is 23.1 Å². The van der Waals surface area contributed by atoms with Gasteiger partial charge in [0.15, 0.2) is 11.5 Å². The fourth-order valence-electron chi connectivity index (χ4n) is 3.95. The minimum atomic E-state index is -0.618. The fourth-order valence-corrected chi connectivity index (χ4v) is 3.95. The molecule has 0 saturated heterocycles. The van der Waals surface area contributed by atoms with E-state index < -0.39 is 5.95 Å². The van der Waals surface area contributed by atoms with Crippen LogP contribution in [0.1, 0.15) is 35.7 Å². The monoisotopic (exact) mass is 461 g/mol. The van der Waals surface area contributed by atoms with Gasteiger partial charge < -0.3 is 19.9 Å². The van der Waals surface area contributed by atoms with Crippen molar-refractivity contribution in [2.75, 3.05) is 14.2 Å². The smallest absolute Gasteiger partial charge is 0.224 e. The number of hydrogen-bond donors (Lipinski definition) is 2. The summed E-state index contributed by atoms with van der Waals surface area (Å²) in [4.78, 5) is 20.7. The summed E-state index contributed by atoms with van der Waals surface area (Å²) in [6.45, 7) is 2.19. The van der Waals surface area contributed by atoms with Gasteiger partial charge in [0.25, 0.3) is 0 Å². The van der Waals surface area contributed by atoms with Gasteiger partial charge in [0.1, 0.15) is 0 Å². The zero-order chi connectivity index (χ0) is 24.2. The second-order valence-electron chi connectivity index (χ2n) is 7.76. The van der Waals surface area contributed by atoms with Crippen LogP contribution in [0, 0.1) is 5.95 Å². The summed E-state index contributed by atoms with van der Waals surface area (Å²) in [7, 11) is 2.91. The van der Waals surface area contributed by atoms with Crippen LogP contribution in [0.5, 0.6) is 17.2 Å². The van der Waals surface area contributed by atoms with Crippen LogP contribution in [0.3, 0.4) is 0 Å². The lowest BCUT2D eigenvalue weighted by Crippen LogP contribution is -2.23. The summed E-state index contributed by atoms with van der Waals surface area (Å²) in [5.41, 5.74) is 5.15. The van der Waals surface area contributed by atoms with Gasteiger partial charge in [0.2, 0.25) is 17.6 Å². The van der Waals surface area contributed by atoms with Crippen LogP contribution in [0.25, 0.3) is 17.2 Å². The zero-order valence-electron chi connectivity index (χ0n) is 19.1. The van der Waals surface area contributed by atoms with E-state index in [1.807, 2.05) is 31.2 Å². The Hall–Kier alpha value is -4.20. The van der Waals surface area contributed by atoms with Crippen molar-refractivity contribution in [3.05, 3.63) is 82.7 Å². The molecule has 3 aromatic rings. The molecule has 0 fully saturated rings. The van der Waals surface area contributed by atoms with Crippen LogP contribution in [-0.2, 0) is 11.3 Å². The van der Waals surface area contributed by atoms with E-state index >= 15 is 0 Å². The number of nitrogens with one attached hydrogen (secondary N) is 1. The number of rotatable bonds is 7. The van der Waals surface area contributed by atoms with Gasteiger partial charge in [-0.15, -0.1) is 0 Å². The molecule has 8 heteroatoms. The highest BCUT2D eigenvalue weighted by molar-refractivity contribution is 6.08. The number of nitrogens with zero attached hydrogens (tertiary/aromatic N) is 2. The number of carbonyl (C=O) groups excluding carboxylic acids is 1. The van der Waals surface area contributed by atoms with E-state index in [1.54, 1.807) is 18.3 Å². The Morgan fingerprint density at radius 3 is 2.50 bits per heavy atom. The predicted octanol–water partition coefficient (Wildman–Crippen LogP) is 4.37. The molecular formula is C26H24FN3O4. The van der Waals surface area contributed by atoms with Crippen molar-refractivity contribution in [1.29, 1.82) is 0 Å². The first-order valence-corrected chi connectivity index (χ1v) is 10.6. The number of pyridine rings is 2. The van der Waals surface area contributed by atoms with Crippen LogP contribution in [0.4, 0.5) is 4.39 Å². The molecule has 0 radical (unpaired) electrons. The maximum atomic E-state index is 14.0. The van der Waals surface area contributed by atoms with Gasteiger partial charge in [-0.1, -0.05) is 6.07 Å². The number of methoxy groups -OCH3 is 2. The van der Waals surface area contributed by atoms with E-state index in [0.29, 0.717) is 17.7 Å². The van der Waals surface area contributed by atoms with Crippen molar-refractivity contribution in [2.45, 2.75) is 19.9 Å². The molecule has 2 N–H and O–H groups in total. The standard InChI is InChI=1S/C26H24FN3O4/c1-15-18(8-16-9-22(33-2)26(32)23(10-16)34-3)21-14-29-24(27)11-20(21)19(15)12-25(31)30-13-17-6-4-5-7-28-17/h4-11,14,32H,12-13H2,1-3H3,(H,30,31)/b18-8-. The first-order chi connectivity index (χ1) is 16.4. The number of carbonyl (C=O) groups is 1. The molecule has 0 bridgehead atoms. The Labute approximate surface area is 196 Å². The maximum Gasteiger partial charge on any atom is 0.224 e. The van der Waals surface area contributed by atoms with E-state index in [4.69, 9.17) is 9.47 Å². The molecule has 1 amide bonds. The van der Waals surface area contributed by atoms with Gasteiger partial charge in [-0.2, -0.15) is 4.39 Å². The number of phenolic OH excluding ortho intramolecular Hbond substituents is 1. The van der Waals surface area contributed by atoms with Crippen molar-refractivity contribution < 1.29 is 23.8 Å². The molecular weight excluding hydrogens is 437 g/mol. The Morgan fingerprint density at radius 2 is 1.85 bits per heavy atom. The summed E-state index contributed by atoms with van der Waals surface area (Å²) < 4.78 is 24.5. The number of fused-ring (bicyclic) bond motifs is 1. The van der Waals surface area contributed by atoms with E-state index in [9.17, 15) is 14.3 Å². The molecule has 2 heterocycles. The molecule has 1 aliphatic rings. The highest BCUT2D eigenvalue weighted by atomic mass is 19.1. The lowest BCUT2D eigenvalue weighted by Gasteiger charge is -2.10. The largest absolute Gasteiger partial charge is 0.502 e. The normalized spacial score (nSPS) is 13.7. The van der Waals surface area contributed by atoms with Crippen molar-refractivity contribution in [3.8, 4) is 17.2 Å². The lowest BCUT2D eigenvalue weighted by molar-refractivity contribution is -0.120. The zero-order valence-corrected chi connectivity index (χ0v) is 19.1. The van der Waals surface area contributed by atoms with Gasteiger partial charge in [-0.05, 0) is 65.1 Å². The minimum Gasteiger partial charge on any atom is -0.502 e. The third kappa shape index (κ3) is 4.61. The number of aromatic nitrogens is 2. The van der Waals surface area contributed by atoms with Gasteiger partial charge in [-0.25, -0.2) is 4.98 Å². The third-order valence-electron chi connectivity index (χ3n) is 5.69. The fraction of sp³-hybridized carbons (Fsp3) is 0.192. The van der Waals surface area contributed by atoms with Crippen molar-refractivity contribution in [2.24, 2.45) is 0 Å². The molecule has 174 valence electrons. The average molecular weight is 461 g/mol. The van der Waals surface area contributed by atoms with Crippen molar-refractivity contribution in [1.82, 2.24) is 15.3 Å². The number of halogens is 1. The molecule has 34 heavy (non-hydrogen) atoms. The second kappa shape index (κ2) is 9.74. The molecule has 0 unspecified atom stereocenters. The van der Waals surface area contributed by atoms with Crippen LogP contribution in [-0.4, -0.2) is 35.2 Å². The minimum absolute atomic E-state index is 0.0781. The number of aromatic hydroxyl groups is 1. The Bertz CT molecular complexity index is 1280. The van der Waals surface area contributed by atoms with E-state index in [2.05, 4.69) is 15.3 Å². The number of ether oxygens (including phenoxy) is 2. The predicted molar refractivity (Wildman–Crippen MR) is 127 cm³/mol. The topological polar surface area (TPSA) is 93.6 Å². The number of phenols is 1. The molecule has 0 aliphatic heterocycles. The molecule has 0 saturated carbocycles. The van der Waals surface area contributed by atoms with Crippen LogP contribution in [0.15, 0.2) is 54.4 Å². The molecule has 7 nitrogen and oxygen atoms in total. The Balaban J connectivity index is 1.68. The van der Waals surface area contributed by atoms with Gasteiger partial charge in [-0.3, -0.25) is 9.78 Å². The summed E-state index contributed by atoms with van der Waals surface area (Å²) in [5, 5.41) is 13.1. The maximum absolute atomic E-state index is 14.0. The van der Waals surface area contributed by atoms with Gasteiger partial charge in [0, 0.05) is 24.0 Å². The van der Waals surface area contributed by atoms with Gasteiger partial charge >= 0.3 is 0 Å². The summed E-state index contributed by atoms with van der Waals surface area (Å²) >= 11 is 0. The lowest BCUT2D eigenvalue weighted by atomic mass is 10.0. The average Bonchev–Trinajstić information content (AvgIpc) is 3.09. The molecule has 2 aromatic heterocycles. The summed E-state index contributed by atoms with van der Waals surface area (Å²) in [6, 6.07) is 10.2. The van der Waals surface area contributed by atoms with Crippen molar-refractivity contribution in [3.63, 3.8) is 0 Å². The Kier molecular flexibility index (Phi) is 6.58. The Morgan fingerprint density at radius 1 is 1.12 bits per heavy atom. The number of allylic oxidation sites excluding steroid dienone is 2. The number of benzene rings is 1.